The fourth-order valence-corrected chi connectivity index (χ4v) is 2.23. The smallest absolute Gasteiger partial charge is 0.328 e. The second kappa shape index (κ2) is 4.11. The lowest BCUT2D eigenvalue weighted by molar-refractivity contribution is -0.727. The lowest BCUT2D eigenvalue weighted by Gasteiger charge is -2.35. The Balaban J connectivity index is 2.73. The zero-order valence-electron chi connectivity index (χ0n) is 10.3. The van der Waals surface area contributed by atoms with Crippen molar-refractivity contribution >= 4 is 6.09 Å². The van der Waals surface area contributed by atoms with Crippen molar-refractivity contribution in [3.8, 4) is 0 Å². The van der Waals surface area contributed by atoms with Crippen LogP contribution in [0.2, 0.25) is 0 Å². The Morgan fingerprint density at radius 3 is 2.41 bits per heavy atom. The van der Waals surface area contributed by atoms with E-state index in [9.17, 15) is 20.1 Å². The third-order valence-corrected chi connectivity index (χ3v) is 3.13. The van der Waals surface area contributed by atoms with E-state index in [1.54, 1.807) is 13.8 Å². The van der Waals surface area contributed by atoms with Gasteiger partial charge in [-0.05, 0) is 34.1 Å². The van der Waals surface area contributed by atoms with Crippen molar-refractivity contribution in [1.82, 2.24) is 10.4 Å². The largest absolute Gasteiger partial charge is 0.396 e. The van der Waals surface area contributed by atoms with Gasteiger partial charge in [0.05, 0.1) is 11.6 Å². The molecule has 1 rings (SSSR count). The van der Waals surface area contributed by atoms with Crippen LogP contribution in [0.1, 0.15) is 34.1 Å². The summed E-state index contributed by atoms with van der Waals surface area (Å²) in [6.45, 7) is 7.10. The van der Waals surface area contributed by atoms with Crippen molar-refractivity contribution in [2.24, 2.45) is 0 Å². The van der Waals surface area contributed by atoms with Gasteiger partial charge < -0.3 is 10.5 Å². The van der Waals surface area contributed by atoms with Crippen LogP contribution >= 0.6 is 0 Å². The van der Waals surface area contributed by atoms with Crippen molar-refractivity contribution < 1.29 is 19.9 Å². The van der Waals surface area contributed by atoms with Crippen molar-refractivity contribution in [2.45, 2.75) is 51.2 Å². The maximum Gasteiger partial charge on any atom is 0.396 e. The van der Waals surface area contributed by atoms with E-state index in [-0.39, 0.29) is 0 Å². The van der Waals surface area contributed by atoms with Gasteiger partial charge in [-0.25, -0.2) is 9.63 Å². The molecule has 0 bridgehead atoms. The van der Waals surface area contributed by atoms with Crippen LogP contribution in [0.4, 0.5) is 4.79 Å². The van der Waals surface area contributed by atoms with Crippen LogP contribution in [0.25, 0.3) is 0 Å². The lowest BCUT2D eigenvalue weighted by atomic mass is 9.94. The average Bonchev–Trinajstić information content (AvgIpc) is 2.26. The van der Waals surface area contributed by atoms with Gasteiger partial charge in [-0.1, -0.05) is 0 Å². The summed E-state index contributed by atoms with van der Waals surface area (Å²) in [4.78, 5) is 24.9. The molecule has 1 aliphatic heterocycles. The number of hydroxylamine groups is 2. The second-order valence-electron chi connectivity index (χ2n) is 5.28. The zero-order valence-corrected chi connectivity index (χ0v) is 10.3. The molecule has 0 saturated carbocycles. The Bertz CT molecular complexity index is 342. The first-order chi connectivity index (χ1) is 7.57. The molecule has 0 aliphatic carbocycles. The second-order valence-corrected chi connectivity index (χ2v) is 5.28. The Morgan fingerprint density at radius 2 is 2.06 bits per heavy atom. The summed E-state index contributed by atoms with van der Waals surface area (Å²) < 4.78 is 0. The van der Waals surface area contributed by atoms with Gasteiger partial charge >= 0.3 is 11.2 Å². The first-order valence-corrected chi connectivity index (χ1v) is 5.19. The van der Waals surface area contributed by atoms with Gasteiger partial charge in [0.2, 0.25) is 0 Å². The SMILES string of the molecule is CC1(C)CC(NC(=O)O[N+](=O)[O-])C(C)(C)N1O. The summed E-state index contributed by atoms with van der Waals surface area (Å²) in [6, 6.07) is -0.435. The molecule has 1 fully saturated rings. The summed E-state index contributed by atoms with van der Waals surface area (Å²) in [6.07, 6.45) is -0.664. The van der Waals surface area contributed by atoms with Crippen LogP contribution in [0, 0.1) is 10.1 Å². The van der Waals surface area contributed by atoms with Crippen LogP contribution in [0.5, 0.6) is 0 Å². The first-order valence-electron chi connectivity index (χ1n) is 5.19. The average molecular weight is 247 g/mol. The van der Waals surface area contributed by atoms with Gasteiger partial charge in [0.15, 0.2) is 0 Å². The molecule has 1 heterocycles. The number of hydrogen-bond donors (Lipinski definition) is 2. The Hall–Kier alpha value is -1.41. The summed E-state index contributed by atoms with van der Waals surface area (Å²) in [5.41, 5.74) is -1.24. The van der Waals surface area contributed by atoms with Crippen molar-refractivity contribution in [3.05, 3.63) is 10.1 Å². The molecule has 0 aromatic carbocycles. The van der Waals surface area contributed by atoms with E-state index in [2.05, 4.69) is 10.2 Å². The van der Waals surface area contributed by atoms with E-state index in [0.29, 0.717) is 6.42 Å². The zero-order chi connectivity index (χ0) is 13.4. The van der Waals surface area contributed by atoms with Gasteiger partial charge in [-0.15, -0.1) is 10.1 Å². The number of nitrogens with zero attached hydrogens (tertiary/aromatic N) is 2. The predicted octanol–water partition coefficient (Wildman–Crippen LogP) is 0.925. The van der Waals surface area contributed by atoms with Gasteiger partial charge in [-0.3, -0.25) is 0 Å². The molecule has 1 amide bonds. The normalized spacial score (nSPS) is 26.5. The standard InChI is InChI=1S/C9H17N3O5/c1-8(2)5-6(9(3,4)11(8)14)10-7(13)17-12(15)16/h6,14H,5H2,1-4H3,(H,10,13). The van der Waals surface area contributed by atoms with Crippen LogP contribution in [0.3, 0.4) is 0 Å². The molecule has 1 saturated heterocycles. The maximum atomic E-state index is 11.1. The molecular weight excluding hydrogens is 230 g/mol. The molecule has 1 unspecified atom stereocenters. The van der Waals surface area contributed by atoms with Gasteiger partial charge in [0.25, 0.3) is 0 Å². The molecule has 0 aromatic rings. The fraction of sp³-hybridized carbons (Fsp3) is 0.889. The quantitative estimate of drug-likeness (QED) is 0.555. The van der Waals surface area contributed by atoms with E-state index >= 15 is 0 Å². The number of hydrogen-bond acceptors (Lipinski definition) is 6. The molecule has 1 atom stereocenters. The lowest BCUT2D eigenvalue weighted by Crippen LogP contribution is -2.53. The molecule has 1 aliphatic rings. The molecule has 98 valence electrons. The summed E-state index contributed by atoms with van der Waals surface area (Å²) in [5.74, 6) is 0. The van der Waals surface area contributed by atoms with E-state index in [0.717, 1.165) is 5.06 Å². The topological polar surface area (TPSA) is 105 Å². The molecule has 8 nitrogen and oxygen atoms in total. The Kier molecular flexibility index (Phi) is 3.30. The van der Waals surface area contributed by atoms with Crippen LogP contribution in [-0.4, -0.2) is 38.6 Å². The first kappa shape index (κ1) is 13.7. The Morgan fingerprint density at radius 1 is 1.53 bits per heavy atom. The molecule has 0 radical (unpaired) electrons. The minimum atomic E-state index is -1.17. The third kappa shape index (κ3) is 2.64. The van der Waals surface area contributed by atoms with E-state index in [1.807, 2.05) is 13.8 Å². The maximum absolute atomic E-state index is 11.1. The van der Waals surface area contributed by atoms with Crippen LogP contribution < -0.4 is 5.32 Å². The molecular formula is C9H17N3O5. The summed E-state index contributed by atoms with van der Waals surface area (Å²) in [7, 11) is 0. The molecule has 2 N–H and O–H groups in total. The third-order valence-electron chi connectivity index (χ3n) is 3.13. The number of rotatable bonds is 2. The molecule has 8 heteroatoms. The molecule has 17 heavy (non-hydrogen) atoms. The van der Waals surface area contributed by atoms with Crippen LogP contribution in [-0.2, 0) is 4.84 Å². The van der Waals surface area contributed by atoms with Gasteiger partial charge in [0.1, 0.15) is 0 Å². The molecule has 0 aromatic heterocycles. The molecule has 0 spiro atoms. The summed E-state index contributed by atoms with van der Waals surface area (Å²) in [5, 5.41) is 22.3. The van der Waals surface area contributed by atoms with Gasteiger partial charge in [0, 0.05) is 5.54 Å². The van der Waals surface area contributed by atoms with Crippen LogP contribution in [0.15, 0.2) is 0 Å². The number of nitrogens with one attached hydrogen (secondary N) is 1. The minimum Gasteiger partial charge on any atom is -0.328 e. The highest BCUT2D eigenvalue weighted by atomic mass is 17.0. The Labute approximate surface area is 98.6 Å². The summed E-state index contributed by atoms with van der Waals surface area (Å²) >= 11 is 0. The highest BCUT2D eigenvalue weighted by Crippen LogP contribution is 2.38. The minimum absolute atomic E-state index is 0.435. The van der Waals surface area contributed by atoms with Crippen molar-refractivity contribution in [2.75, 3.05) is 0 Å². The predicted molar refractivity (Wildman–Crippen MR) is 56.8 cm³/mol. The monoisotopic (exact) mass is 247 g/mol. The highest BCUT2D eigenvalue weighted by Gasteiger charge is 2.52. The highest BCUT2D eigenvalue weighted by molar-refractivity contribution is 5.67. The van der Waals surface area contributed by atoms with Crippen molar-refractivity contribution in [1.29, 1.82) is 0 Å². The number of amides is 1. The number of carbonyl (C=O) groups excluding carboxylic acids is 1. The van der Waals surface area contributed by atoms with E-state index in [4.69, 9.17) is 0 Å². The van der Waals surface area contributed by atoms with E-state index in [1.165, 1.54) is 0 Å². The number of carbonyl (C=O) groups is 1. The van der Waals surface area contributed by atoms with E-state index < -0.39 is 28.3 Å². The van der Waals surface area contributed by atoms with Gasteiger partial charge in [-0.2, -0.15) is 5.06 Å². The fourth-order valence-electron chi connectivity index (χ4n) is 2.23. The van der Waals surface area contributed by atoms with Crippen molar-refractivity contribution in [3.63, 3.8) is 0 Å².